The molecule has 0 aliphatic rings. The van der Waals surface area contributed by atoms with E-state index in [1.165, 1.54) is 0 Å². The van der Waals surface area contributed by atoms with Crippen molar-refractivity contribution in [3.63, 3.8) is 0 Å². The Labute approximate surface area is 101 Å². The summed E-state index contributed by atoms with van der Waals surface area (Å²) in [6.07, 6.45) is 1.90. The lowest BCUT2D eigenvalue weighted by Gasteiger charge is -2.12. The van der Waals surface area contributed by atoms with Gasteiger partial charge in [-0.1, -0.05) is 6.07 Å². The van der Waals surface area contributed by atoms with E-state index in [2.05, 4.69) is 5.10 Å². The summed E-state index contributed by atoms with van der Waals surface area (Å²) in [5, 5.41) is 4.27. The molecule has 0 spiro atoms. The highest BCUT2D eigenvalue weighted by Crippen LogP contribution is 2.28. The number of nitrogens with zero attached hydrogens (tertiary/aromatic N) is 2. The molecule has 0 aliphatic heterocycles. The Hall–Kier alpha value is -1.97. The van der Waals surface area contributed by atoms with Gasteiger partial charge in [-0.05, 0) is 31.5 Å². The predicted octanol–water partition coefficient (Wildman–Crippen LogP) is 2.20. The normalized spacial score (nSPS) is 10.5. The first kappa shape index (κ1) is 11.5. The highest BCUT2D eigenvalue weighted by molar-refractivity contribution is 5.56. The molecule has 0 saturated carbocycles. The first-order valence-electron chi connectivity index (χ1n) is 5.55. The number of rotatable bonds is 3. The third-order valence-corrected chi connectivity index (χ3v) is 2.78. The maximum absolute atomic E-state index is 5.86. The largest absolute Gasteiger partial charge is 0.487 e. The molecule has 0 radical (unpaired) electrons. The highest BCUT2D eigenvalue weighted by Gasteiger charge is 2.07. The van der Waals surface area contributed by atoms with Crippen molar-refractivity contribution in [3.8, 4) is 5.75 Å². The molecule has 1 heterocycles. The van der Waals surface area contributed by atoms with Crippen molar-refractivity contribution in [1.29, 1.82) is 0 Å². The van der Waals surface area contributed by atoms with Gasteiger partial charge in [-0.3, -0.25) is 4.68 Å². The standard InChI is InChI=1S/C13H17N3O/c1-9-4-5-12(14)10(2)13(9)17-8-11-6-7-16(3)15-11/h4-7H,8,14H2,1-3H3. The van der Waals surface area contributed by atoms with E-state index >= 15 is 0 Å². The van der Waals surface area contributed by atoms with Gasteiger partial charge in [0, 0.05) is 24.5 Å². The van der Waals surface area contributed by atoms with Crippen molar-refractivity contribution in [2.75, 3.05) is 5.73 Å². The molecule has 2 aromatic rings. The minimum atomic E-state index is 0.464. The lowest BCUT2D eigenvalue weighted by Crippen LogP contribution is -2.02. The molecule has 90 valence electrons. The zero-order chi connectivity index (χ0) is 12.4. The first-order valence-corrected chi connectivity index (χ1v) is 5.55. The van der Waals surface area contributed by atoms with Gasteiger partial charge in [-0.15, -0.1) is 0 Å². The number of aromatic nitrogens is 2. The van der Waals surface area contributed by atoms with Gasteiger partial charge >= 0.3 is 0 Å². The van der Waals surface area contributed by atoms with Crippen LogP contribution in [0.5, 0.6) is 5.75 Å². The van der Waals surface area contributed by atoms with Crippen molar-refractivity contribution in [1.82, 2.24) is 9.78 Å². The molecule has 0 atom stereocenters. The molecule has 0 bridgehead atoms. The van der Waals surface area contributed by atoms with E-state index in [1.54, 1.807) is 4.68 Å². The van der Waals surface area contributed by atoms with Gasteiger partial charge in [0.2, 0.25) is 0 Å². The topological polar surface area (TPSA) is 53.1 Å². The molecule has 2 N–H and O–H groups in total. The van der Waals surface area contributed by atoms with E-state index in [0.717, 1.165) is 28.3 Å². The number of aryl methyl sites for hydroxylation is 2. The molecule has 0 aliphatic carbocycles. The maximum Gasteiger partial charge on any atom is 0.132 e. The molecule has 0 fully saturated rings. The van der Waals surface area contributed by atoms with Crippen LogP contribution in [0.4, 0.5) is 5.69 Å². The summed E-state index contributed by atoms with van der Waals surface area (Å²) in [6.45, 7) is 4.45. The van der Waals surface area contributed by atoms with Crippen LogP contribution in [0.15, 0.2) is 24.4 Å². The van der Waals surface area contributed by atoms with Crippen LogP contribution in [-0.4, -0.2) is 9.78 Å². The molecule has 0 amide bonds. The number of nitrogen functional groups attached to an aromatic ring is 1. The van der Waals surface area contributed by atoms with E-state index < -0.39 is 0 Å². The molecular formula is C13H17N3O. The van der Waals surface area contributed by atoms with Crippen LogP contribution in [0.2, 0.25) is 0 Å². The van der Waals surface area contributed by atoms with Crippen LogP contribution in [0.3, 0.4) is 0 Å². The zero-order valence-corrected chi connectivity index (χ0v) is 10.4. The minimum Gasteiger partial charge on any atom is -0.487 e. The summed E-state index contributed by atoms with van der Waals surface area (Å²) in [7, 11) is 1.89. The van der Waals surface area contributed by atoms with E-state index in [-0.39, 0.29) is 0 Å². The number of hydrogen-bond acceptors (Lipinski definition) is 3. The summed E-state index contributed by atoms with van der Waals surface area (Å²) in [5.41, 5.74) is 9.61. The molecule has 4 heteroatoms. The minimum absolute atomic E-state index is 0.464. The lowest BCUT2D eigenvalue weighted by molar-refractivity contribution is 0.296. The van der Waals surface area contributed by atoms with E-state index in [4.69, 9.17) is 10.5 Å². The van der Waals surface area contributed by atoms with Crippen LogP contribution in [0.25, 0.3) is 0 Å². The second-order valence-electron chi connectivity index (χ2n) is 4.20. The van der Waals surface area contributed by atoms with Crippen molar-refractivity contribution >= 4 is 5.69 Å². The molecular weight excluding hydrogens is 214 g/mol. The predicted molar refractivity (Wildman–Crippen MR) is 67.9 cm³/mol. The second kappa shape index (κ2) is 4.49. The van der Waals surface area contributed by atoms with Crippen molar-refractivity contribution in [3.05, 3.63) is 41.2 Å². The van der Waals surface area contributed by atoms with Crippen molar-refractivity contribution in [2.24, 2.45) is 7.05 Å². The van der Waals surface area contributed by atoms with Crippen LogP contribution < -0.4 is 10.5 Å². The average molecular weight is 231 g/mol. The molecule has 0 unspecified atom stereocenters. The van der Waals surface area contributed by atoms with E-state index in [1.807, 2.05) is 45.3 Å². The van der Waals surface area contributed by atoms with E-state index in [0.29, 0.717) is 6.61 Å². The third-order valence-electron chi connectivity index (χ3n) is 2.78. The average Bonchev–Trinajstić information content (AvgIpc) is 2.70. The molecule has 2 rings (SSSR count). The SMILES string of the molecule is Cc1ccc(N)c(C)c1OCc1ccn(C)n1. The van der Waals surface area contributed by atoms with E-state index in [9.17, 15) is 0 Å². The van der Waals surface area contributed by atoms with Crippen molar-refractivity contribution < 1.29 is 4.74 Å². The molecule has 0 saturated heterocycles. The monoisotopic (exact) mass is 231 g/mol. The number of anilines is 1. The number of hydrogen-bond donors (Lipinski definition) is 1. The van der Waals surface area contributed by atoms with Crippen LogP contribution in [0.1, 0.15) is 16.8 Å². The van der Waals surface area contributed by atoms with Gasteiger partial charge in [-0.2, -0.15) is 5.10 Å². The second-order valence-corrected chi connectivity index (χ2v) is 4.20. The van der Waals surface area contributed by atoms with Crippen molar-refractivity contribution in [2.45, 2.75) is 20.5 Å². The van der Waals surface area contributed by atoms with Gasteiger partial charge in [0.15, 0.2) is 0 Å². The quantitative estimate of drug-likeness (QED) is 0.824. The number of ether oxygens (including phenoxy) is 1. The Bertz CT molecular complexity index is 531. The Kier molecular flexibility index (Phi) is 3.04. The van der Waals surface area contributed by atoms with Gasteiger partial charge in [0.1, 0.15) is 12.4 Å². The van der Waals surface area contributed by atoms with Gasteiger partial charge < -0.3 is 10.5 Å². The van der Waals surface area contributed by atoms with Gasteiger partial charge in [-0.25, -0.2) is 0 Å². The lowest BCUT2D eigenvalue weighted by atomic mass is 10.1. The summed E-state index contributed by atoms with van der Waals surface area (Å²) >= 11 is 0. The highest BCUT2D eigenvalue weighted by atomic mass is 16.5. The summed E-state index contributed by atoms with van der Waals surface area (Å²) in [4.78, 5) is 0. The molecule has 17 heavy (non-hydrogen) atoms. The Morgan fingerprint density at radius 3 is 2.71 bits per heavy atom. The Morgan fingerprint density at radius 1 is 1.29 bits per heavy atom. The fraction of sp³-hybridized carbons (Fsp3) is 0.308. The molecule has 1 aromatic carbocycles. The van der Waals surface area contributed by atoms with Crippen LogP contribution >= 0.6 is 0 Å². The number of nitrogens with two attached hydrogens (primary N) is 1. The van der Waals surface area contributed by atoms with Crippen LogP contribution in [0, 0.1) is 13.8 Å². The van der Waals surface area contributed by atoms with Gasteiger partial charge in [0.05, 0.1) is 5.69 Å². The molecule has 4 nitrogen and oxygen atoms in total. The van der Waals surface area contributed by atoms with Crippen LogP contribution in [-0.2, 0) is 13.7 Å². The smallest absolute Gasteiger partial charge is 0.132 e. The maximum atomic E-state index is 5.86. The summed E-state index contributed by atoms with van der Waals surface area (Å²) in [6, 6.07) is 5.81. The zero-order valence-electron chi connectivity index (χ0n) is 10.4. The number of benzene rings is 1. The fourth-order valence-corrected chi connectivity index (χ4v) is 1.75. The summed E-state index contributed by atoms with van der Waals surface area (Å²) in [5.74, 6) is 0.857. The summed E-state index contributed by atoms with van der Waals surface area (Å²) < 4.78 is 7.55. The first-order chi connectivity index (χ1) is 8.08. The Balaban J connectivity index is 2.16. The Morgan fingerprint density at radius 2 is 2.06 bits per heavy atom. The fourth-order valence-electron chi connectivity index (χ4n) is 1.75. The molecule has 1 aromatic heterocycles. The van der Waals surface area contributed by atoms with Gasteiger partial charge in [0.25, 0.3) is 0 Å². The third kappa shape index (κ3) is 2.41.